The van der Waals surface area contributed by atoms with E-state index < -0.39 is 0 Å². The molecule has 102 valence electrons. The average molecular weight is 261 g/mol. The van der Waals surface area contributed by atoms with Crippen molar-refractivity contribution in [2.24, 2.45) is 0 Å². The average Bonchev–Trinajstić information content (AvgIpc) is 2.59. The summed E-state index contributed by atoms with van der Waals surface area (Å²) in [4.78, 5) is 22.9. The Morgan fingerprint density at radius 3 is 2.42 bits per heavy atom. The van der Waals surface area contributed by atoms with E-state index in [1.807, 2.05) is 6.07 Å². The molecule has 0 radical (unpaired) electrons. The number of anilines is 1. The molecule has 3 N–H and O–H groups in total. The van der Waals surface area contributed by atoms with Gasteiger partial charge in [-0.15, -0.1) is 0 Å². The highest BCUT2D eigenvalue weighted by Crippen LogP contribution is 2.19. The van der Waals surface area contributed by atoms with Crippen LogP contribution in [-0.4, -0.2) is 30.4 Å². The third kappa shape index (κ3) is 3.32. The first-order chi connectivity index (χ1) is 8.87. The standard InChI is InChI=1S/C14H19N3O2/c1-14(2,3)16-7-6-15-9-4-5-10-11(8-9)13(19)17-12(10)18/h4-5,8,15-16H,6-7H2,1-3H3,(H,17,18,19). The second-order valence-corrected chi connectivity index (χ2v) is 5.65. The fourth-order valence-corrected chi connectivity index (χ4v) is 1.92. The molecule has 1 heterocycles. The van der Waals surface area contributed by atoms with Gasteiger partial charge in [0.15, 0.2) is 0 Å². The molecule has 5 heteroatoms. The monoisotopic (exact) mass is 261 g/mol. The smallest absolute Gasteiger partial charge is 0.259 e. The summed E-state index contributed by atoms with van der Waals surface area (Å²) in [5.74, 6) is -0.641. The van der Waals surface area contributed by atoms with Gasteiger partial charge in [0.1, 0.15) is 0 Å². The molecular weight excluding hydrogens is 242 g/mol. The van der Waals surface area contributed by atoms with Gasteiger partial charge in [-0.1, -0.05) is 0 Å². The van der Waals surface area contributed by atoms with E-state index in [4.69, 9.17) is 0 Å². The van der Waals surface area contributed by atoms with Crippen LogP contribution in [-0.2, 0) is 0 Å². The van der Waals surface area contributed by atoms with Gasteiger partial charge in [0.05, 0.1) is 11.1 Å². The van der Waals surface area contributed by atoms with Gasteiger partial charge in [0, 0.05) is 24.3 Å². The molecule has 0 aliphatic carbocycles. The van der Waals surface area contributed by atoms with Crippen LogP contribution in [0.4, 0.5) is 5.69 Å². The van der Waals surface area contributed by atoms with E-state index in [9.17, 15) is 9.59 Å². The van der Waals surface area contributed by atoms with Gasteiger partial charge < -0.3 is 10.6 Å². The van der Waals surface area contributed by atoms with Gasteiger partial charge in [0.25, 0.3) is 11.8 Å². The zero-order valence-electron chi connectivity index (χ0n) is 11.5. The minimum absolute atomic E-state index is 0.0892. The summed E-state index contributed by atoms with van der Waals surface area (Å²) in [6.07, 6.45) is 0. The maximum atomic E-state index is 11.5. The van der Waals surface area contributed by atoms with Crippen LogP contribution < -0.4 is 16.0 Å². The van der Waals surface area contributed by atoms with Gasteiger partial charge in [-0.05, 0) is 39.0 Å². The highest BCUT2D eigenvalue weighted by molar-refractivity contribution is 6.21. The molecule has 0 saturated heterocycles. The van der Waals surface area contributed by atoms with E-state index in [1.165, 1.54) is 0 Å². The van der Waals surface area contributed by atoms with Gasteiger partial charge in [-0.2, -0.15) is 0 Å². The summed E-state index contributed by atoms with van der Waals surface area (Å²) >= 11 is 0. The number of carbonyl (C=O) groups is 2. The quantitative estimate of drug-likeness (QED) is 0.565. The number of nitrogens with one attached hydrogen (secondary N) is 3. The lowest BCUT2D eigenvalue weighted by Crippen LogP contribution is -2.38. The van der Waals surface area contributed by atoms with Crippen molar-refractivity contribution < 1.29 is 9.59 Å². The predicted molar refractivity (Wildman–Crippen MR) is 74.5 cm³/mol. The second-order valence-electron chi connectivity index (χ2n) is 5.65. The van der Waals surface area contributed by atoms with Crippen molar-refractivity contribution in [3.05, 3.63) is 29.3 Å². The maximum absolute atomic E-state index is 11.5. The highest BCUT2D eigenvalue weighted by atomic mass is 16.2. The Kier molecular flexibility index (Phi) is 3.57. The Morgan fingerprint density at radius 1 is 1.05 bits per heavy atom. The molecule has 19 heavy (non-hydrogen) atoms. The van der Waals surface area contributed by atoms with E-state index in [-0.39, 0.29) is 17.4 Å². The lowest BCUT2D eigenvalue weighted by molar-refractivity contribution is 0.0879. The molecule has 1 aliphatic rings. The lowest BCUT2D eigenvalue weighted by Gasteiger charge is -2.20. The first kappa shape index (κ1) is 13.5. The van der Waals surface area contributed by atoms with Crippen molar-refractivity contribution in [1.29, 1.82) is 0 Å². The number of hydrogen-bond donors (Lipinski definition) is 3. The normalized spacial score (nSPS) is 14.3. The van der Waals surface area contributed by atoms with E-state index in [2.05, 4.69) is 36.7 Å². The first-order valence-electron chi connectivity index (χ1n) is 6.35. The number of hydrogen-bond acceptors (Lipinski definition) is 4. The Labute approximate surface area is 112 Å². The van der Waals surface area contributed by atoms with Crippen LogP contribution in [0, 0.1) is 0 Å². The van der Waals surface area contributed by atoms with Crippen molar-refractivity contribution in [2.75, 3.05) is 18.4 Å². The third-order valence-electron chi connectivity index (χ3n) is 2.85. The molecule has 2 rings (SSSR count). The summed E-state index contributed by atoms with van der Waals surface area (Å²) in [7, 11) is 0. The number of rotatable bonds is 4. The first-order valence-corrected chi connectivity index (χ1v) is 6.35. The molecule has 5 nitrogen and oxygen atoms in total. The molecule has 0 atom stereocenters. The van der Waals surface area contributed by atoms with Crippen LogP contribution in [0.1, 0.15) is 41.5 Å². The van der Waals surface area contributed by atoms with Crippen molar-refractivity contribution in [2.45, 2.75) is 26.3 Å². The molecule has 0 aromatic heterocycles. The summed E-state index contributed by atoms with van der Waals surface area (Å²) in [6, 6.07) is 5.20. The van der Waals surface area contributed by atoms with E-state index in [1.54, 1.807) is 12.1 Å². The molecule has 0 unspecified atom stereocenters. The zero-order valence-corrected chi connectivity index (χ0v) is 11.5. The van der Waals surface area contributed by atoms with E-state index in [0.29, 0.717) is 11.1 Å². The minimum atomic E-state index is -0.323. The predicted octanol–water partition coefficient (Wildman–Crippen LogP) is 1.37. The van der Waals surface area contributed by atoms with Crippen molar-refractivity contribution >= 4 is 17.5 Å². The van der Waals surface area contributed by atoms with Gasteiger partial charge in [-0.3, -0.25) is 14.9 Å². The Morgan fingerprint density at radius 2 is 1.74 bits per heavy atom. The summed E-state index contributed by atoms with van der Waals surface area (Å²) in [5, 5.41) is 8.87. The number of carbonyl (C=O) groups excluding carboxylic acids is 2. The molecular formula is C14H19N3O2. The second kappa shape index (κ2) is 5.01. The minimum Gasteiger partial charge on any atom is -0.384 e. The van der Waals surface area contributed by atoms with Gasteiger partial charge in [0.2, 0.25) is 0 Å². The molecule has 2 amide bonds. The van der Waals surface area contributed by atoms with Crippen LogP contribution in [0.3, 0.4) is 0 Å². The van der Waals surface area contributed by atoms with Gasteiger partial charge >= 0.3 is 0 Å². The van der Waals surface area contributed by atoms with Crippen LogP contribution in [0.15, 0.2) is 18.2 Å². The molecule has 1 aromatic rings. The van der Waals surface area contributed by atoms with Crippen molar-refractivity contribution in [1.82, 2.24) is 10.6 Å². The maximum Gasteiger partial charge on any atom is 0.259 e. The summed E-state index contributed by atoms with van der Waals surface area (Å²) in [5.41, 5.74) is 1.83. The van der Waals surface area contributed by atoms with Crippen molar-refractivity contribution in [3.63, 3.8) is 0 Å². The molecule has 0 spiro atoms. The highest BCUT2D eigenvalue weighted by Gasteiger charge is 2.26. The Hall–Kier alpha value is -1.88. The van der Waals surface area contributed by atoms with Crippen LogP contribution in [0.25, 0.3) is 0 Å². The molecule has 0 saturated carbocycles. The third-order valence-corrected chi connectivity index (χ3v) is 2.85. The molecule has 0 fully saturated rings. The number of benzene rings is 1. The van der Waals surface area contributed by atoms with Crippen LogP contribution in [0.2, 0.25) is 0 Å². The van der Waals surface area contributed by atoms with Crippen LogP contribution >= 0.6 is 0 Å². The SMILES string of the molecule is CC(C)(C)NCCNc1ccc2c(c1)C(=O)NC2=O. The lowest BCUT2D eigenvalue weighted by atomic mass is 10.1. The topological polar surface area (TPSA) is 70.2 Å². The molecule has 1 aromatic carbocycles. The van der Waals surface area contributed by atoms with E-state index in [0.717, 1.165) is 18.8 Å². The van der Waals surface area contributed by atoms with Crippen LogP contribution in [0.5, 0.6) is 0 Å². The summed E-state index contributed by atoms with van der Waals surface area (Å²) < 4.78 is 0. The number of amides is 2. The fourth-order valence-electron chi connectivity index (χ4n) is 1.92. The Balaban J connectivity index is 1.95. The van der Waals surface area contributed by atoms with E-state index >= 15 is 0 Å². The zero-order chi connectivity index (χ0) is 14.0. The number of fused-ring (bicyclic) bond motifs is 1. The van der Waals surface area contributed by atoms with Gasteiger partial charge in [-0.25, -0.2) is 0 Å². The largest absolute Gasteiger partial charge is 0.384 e. The van der Waals surface area contributed by atoms with Crippen molar-refractivity contribution in [3.8, 4) is 0 Å². The Bertz CT molecular complexity index is 518. The molecule has 0 bridgehead atoms. The molecule has 1 aliphatic heterocycles. The fraction of sp³-hybridized carbons (Fsp3) is 0.429. The number of imide groups is 1. The summed E-state index contributed by atoms with van der Waals surface area (Å²) in [6.45, 7) is 7.91.